The molecule has 0 bridgehead atoms. The van der Waals surface area contributed by atoms with Crippen LogP contribution in [0.3, 0.4) is 0 Å². The normalized spacial score (nSPS) is 18.5. The summed E-state index contributed by atoms with van der Waals surface area (Å²) in [5.74, 6) is 0.543. The van der Waals surface area contributed by atoms with Crippen LogP contribution < -0.4 is 0 Å². The van der Waals surface area contributed by atoms with Gasteiger partial charge in [0.15, 0.2) is 0 Å². The van der Waals surface area contributed by atoms with E-state index >= 15 is 0 Å². The third kappa shape index (κ3) is 5.38. The van der Waals surface area contributed by atoms with Gasteiger partial charge in [-0.2, -0.15) is 0 Å². The molecule has 0 amide bonds. The number of para-hydroxylation sites is 2. The van der Waals surface area contributed by atoms with Crippen molar-refractivity contribution in [1.29, 1.82) is 0 Å². The van der Waals surface area contributed by atoms with Gasteiger partial charge in [0.1, 0.15) is 0 Å². The van der Waals surface area contributed by atoms with Gasteiger partial charge in [-0.1, -0.05) is 169 Å². The molecule has 0 N–H and O–H groups in total. The van der Waals surface area contributed by atoms with E-state index in [0.29, 0.717) is 5.92 Å². The summed E-state index contributed by atoms with van der Waals surface area (Å²) in [6.07, 6.45) is 18.1. The van der Waals surface area contributed by atoms with Gasteiger partial charge >= 0.3 is 0 Å². The number of aromatic nitrogens is 1. The molecule has 2 atom stereocenters. The van der Waals surface area contributed by atoms with E-state index in [4.69, 9.17) is 0 Å². The quantitative estimate of drug-likeness (QED) is 0.167. The summed E-state index contributed by atoms with van der Waals surface area (Å²) in [6, 6.07) is 35.4. The summed E-state index contributed by atoms with van der Waals surface area (Å²) in [5, 5.41) is 4.01. The Morgan fingerprint density at radius 3 is 2.12 bits per heavy atom. The third-order valence-corrected chi connectivity index (χ3v) is 11.2. The molecule has 0 fully saturated rings. The lowest BCUT2D eigenvalue weighted by Gasteiger charge is -2.39. The van der Waals surface area contributed by atoms with Crippen LogP contribution in [0.2, 0.25) is 0 Å². The SMILES string of the molecule is C=Cc1c(C=C)n(-c2ccccc2)c2c(-c3ccc(C4=CCC(C)(c5c6c(c7ccccc7c5C(C)(C)C)CC(C)C=C6)C=C4)cc3)cccc12. The van der Waals surface area contributed by atoms with Crippen LogP contribution in [-0.2, 0) is 17.3 Å². The summed E-state index contributed by atoms with van der Waals surface area (Å²) >= 11 is 0. The van der Waals surface area contributed by atoms with Gasteiger partial charge < -0.3 is 4.57 Å². The monoisotopic (exact) mass is 661 g/mol. The molecular weight excluding hydrogens is 615 g/mol. The first-order chi connectivity index (χ1) is 24.6. The highest BCUT2D eigenvalue weighted by atomic mass is 15.0. The fourth-order valence-corrected chi connectivity index (χ4v) is 8.80. The van der Waals surface area contributed by atoms with Gasteiger partial charge in [0.25, 0.3) is 0 Å². The lowest BCUT2D eigenvalue weighted by Crippen LogP contribution is -2.29. The Morgan fingerprint density at radius 2 is 1.45 bits per heavy atom. The minimum absolute atomic E-state index is 0.000357. The molecule has 2 unspecified atom stereocenters. The van der Waals surface area contributed by atoms with E-state index in [0.717, 1.165) is 29.8 Å². The lowest BCUT2D eigenvalue weighted by molar-refractivity contribution is 0.538. The summed E-state index contributed by atoms with van der Waals surface area (Å²) in [7, 11) is 0. The maximum atomic E-state index is 4.19. The maximum Gasteiger partial charge on any atom is 0.0619 e. The Morgan fingerprint density at radius 1 is 0.765 bits per heavy atom. The summed E-state index contributed by atoms with van der Waals surface area (Å²) < 4.78 is 2.32. The second kappa shape index (κ2) is 12.4. The predicted molar refractivity (Wildman–Crippen MR) is 223 cm³/mol. The number of fused-ring (bicyclic) bond motifs is 4. The molecule has 51 heavy (non-hydrogen) atoms. The molecule has 1 aromatic heterocycles. The number of allylic oxidation sites excluding steroid dienone is 5. The second-order valence-corrected chi connectivity index (χ2v) is 15.7. The number of benzene rings is 5. The van der Waals surface area contributed by atoms with Crippen LogP contribution in [-0.4, -0.2) is 4.57 Å². The summed E-state index contributed by atoms with van der Waals surface area (Å²) in [5.41, 5.74) is 15.2. The van der Waals surface area contributed by atoms with Crippen LogP contribution in [0.25, 0.3) is 62.3 Å². The van der Waals surface area contributed by atoms with Crippen LogP contribution >= 0.6 is 0 Å². The van der Waals surface area contributed by atoms with Gasteiger partial charge in [-0.05, 0) is 92.1 Å². The maximum absolute atomic E-state index is 4.19. The van der Waals surface area contributed by atoms with Crippen molar-refractivity contribution in [3.05, 3.63) is 174 Å². The second-order valence-electron chi connectivity index (χ2n) is 15.7. The van der Waals surface area contributed by atoms with E-state index in [-0.39, 0.29) is 10.8 Å². The Labute approximate surface area is 303 Å². The van der Waals surface area contributed by atoms with Gasteiger partial charge in [0.05, 0.1) is 11.2 Å². The molecule has 2 aliphatic carbocycles. The minimum atomic E-state index is -0.116. The molecule has 1 nitrogen and oxygen atoms in total. The third-order valence-electron chi connectivity index (χ3n) is 11.2. The van der Waals surface area contributed by atoms with Crippen LogP contribution in [0.15, 0.2) is 135 Å². The Kier molecular flexibility index (Phi) is 7.99. The van der Waals surface area contributed by atoms with E-state index in [1.54, 1.807) is 0 Å². The Hall–Kier alpha value is -5.40. The first kappa shape index (κ1) is 32.8. The van der Waals surface area contributed by atoms with Crippen molar-refractivity contribution in [3.63, 3.8) is 0 Å². The largest absolute Gasteiger partial charge is 0.309 e. The molecule has 2 aliphatic rings. The molecule has 8 rings (SSSR count). The molecule has 252 valence electrons. The van der Waals surface area contributed by atoms with Crippen LogP contribution in [0, 0.1) is 5.92 Å². The zero-order valence-corrected chi connectivity index (χ0v) is 30.6. The van der Waals surface area contributed by atoms with Gasteiger partial charge in [-0.3, -0.25) is 0 Å². The molecule has 1 heterocycles. The number of nitrogens with zero attached hydrogens (tertiary/aromatic N) is 1. The first-order valence-electron chi connectivity index (χ1n) is 18.4. The molecule has 0 saturated heterocycles. The number of rotatable bonds is 6. The van der Waals surface area contributed by atoms with E-state index < -0.39 is 0 Å². The average Bonchev–Trinajstić information content (AvgIpc) is 3.48. The van der Waals surface area contributed by atoms with E-state index in [1.165, 1.54) is 66.2 Å². The average molecular weight is 662 g/mol. The fourth-order valence-electron chi connectivity index (χ4n) is 8.80. The van der Waals surface area contributed by atoms with Crippen LogP contribution in [0.5, 0.6) is 0 Å². The first-order valence-corrected chi connectivity index (χ1v) is 18.4. The molecule has 0 radical (unpaired) electrons. The zero-order chi connectivity index (χ0) is 35.5. The zero-order valence-electron chi connectivity index (χ0n) is 30.6. The highest BCUT2D eigenvalue weighted by Gasteiger charge is 2.36. The number of hydrogen-bond donors (Lipinski definition) is 0. The van der Waals surface area contributed by atoms with Crippen molar-refractivity contribution in [2.24, 2.45) is 5.92 Å². The lowest BCUT2D eigenvalue weighted by atomic mass is 9.64. The molecule has 5 aromatic carbocycles. The van der Waals surface area contributed by atoms with Crippen molar-refractivity contribution >= 4 is 45.5 Å². The summed E-state index contributed by atoms with van der Waals surface area (Å²) in [6.45, 7) is 20.3. The Balaban J connectivity index is 1.19. The van der Waals surface area contributed by atoms with Crippen molar-refractivity contribution in [2.45, 2.75) is 58.3 Å². The molecule has 0 saturated carbocycles. The standard InChI is InChI=1S/C50H47N/c1-8-38-43-21-15-20-39(48(43)51(45(38)9-2)37-16-11-10-12-17-37)36-25-23-34(24-26-36)35-28-30-50(7,31-29-35)47-42-27-22-33(3)32-44(42)40-18-13-14-19-41(40)46(47)49(4,5)6/h8-30,33H,1-2,31-32H2,3-7H3. The van der Waals surface area contributed by atoms with Gasteiger partial charge in [0, 0.05) is 27.6 Å². The molecular formula is C50H47N. The smallest absolute Gasteiger partial charge is 0.0619 e. The highest BCUT2D eigenvalue weighted by molar-refractivity contribution is 6.03. The summed E-state index contributed by atoms with van der Waals surface area (Å²) in [4.78, 5) is 0. The Bertz CT molecular complexity index is 2440. The topological polar surface area (TPSA) is 4.93 Å². The highest BCUT2D eigenvalue weighted by Crippen LogP contribution is 2.49. The van der Waals surface area contributed by atoms with Crippen LogP contribution in [0.4, 0.5) is 0 Å². The van der Waals surface area contributed by atoms with E-state index in [1.807, 2.05) is 12.2 Å². The van der Waals surface area contributed by atoms with Crippen molar-refractivity contribution in [2.75, 3.05) is 0 Å². The van der Waals surface area contributed by atoms with Crippen LogP contribution in [0.1, 0.15) is 80.1 Å². The van der Waals surface area contributed by atoms with E-state index in [9.17, 15) is 0 Å². The fraction of sp³-hybridized carbons (Fsp3) is 0.200. The molecule has 0 spiro atoms. The van der Waals surface area contributed by atoms with Crippen molar-refractivity contribution in [3.8, 4) is 16.8 Å². The number of hydrogen-bond acceptors (Lipinski definition) is 0. The predicted octanol–water partition coefficient (Wildman–Crippen LogP) is 13.5. The van der Waals surface area contributed by atoms with Gasteiger partial charge in [0.2, 0.25) is 0 Å². The van der Waals surface area contributed by atoms with Crippen molar-refractivity contribution < 1.29 is 0 Å². The van der Waals surface area contributed by atoms with Gasteiger partial charge in [-0.25, -0.2) is 0 Å². The molecule has 6 aromatic rings. The molecule has 0 aliphatic heterocycles. The van der Waals surface area contributed by atoms with Gasteiger partial charge in [-0.15, -0.1) is 0 Å². The van der Waals surface area contributed by atoms with Crippen molar-refractivity contribution in [1.82, 2.24) is 4.57 Å². The molecule has 1 heteroatoms. The van der Waals surface area contributed by atoms with E-state index in [2.05, 4.69) is 180 Å². The minimum Gasteiger partial charge on any atom is -0.309 e.